The van der Waals surface area contributed by atoms with Crippen molar-refractivity contribution >= 4 is 43.6 Å². The first-order valence-electron chi connectivity index (χ1n) is 5.75. The number of aromatic amines is 1. The van der Waals surface area contributed by atoms with E-state index in [-0.39, 0.29) is 5.56 Å². The molecule has 20 heavy (non-hydrogen) atoms. The highest BCUT2D eigenvalue weighted by molar-refractivity contribution is 9.10. The molecule has 0 saturated heterocycles. The minimum Gasteiger partial charge on any atom is -0.378 e. The maximum atomic E-state index is 11.8. The van der Waals surface area contributed by atoms with Crippen LogP contribution in [-0.2, 0) is 17.1 Å². The largest absolute Gasteiger partial charge is 0.378 e. The van der Waals surface area contributed by atoms with Crippen molar-refractivity contribution < 1.29 is 4.74 Å². The van der Waals surface area contributed by atoms with Crippen molar-refractivity contribution in [2.45, 2.75) is 17.3 Å². The molecule has 0 atom stereocenters. The summed E-state index contributed by atoms with van der Waals surface area (Å²) in [7, 11) is 1.57. The van der Waals surface area contributed by atoms with Gasteiger partial charge in [0.25, 0.3) is 5.56 Å². The van der Waals surface area contributed by atoms with E-state index in [1.165, 1.54) is 0 Å². The lowest BCUT2D eigenvalue weighted by Crippen LogP contribution is -2.15. The number of hydrogen-bond donors (Lipinski definition) is 1. The smallest absolute Gasteiger partial charge is 0.265 e. The first-order chi connectivity index (χ1) is 9.60. The summed E-state index contributed by atoms with van der Waals surface area (Å²) in [5.41, 5.74) is 0.429. The molecule has 0 unspecified atom stereocenters. The van der Waals surface area contributed by atoms with Crippen molar-refractivity contribution in [3.05, 3.63) is 55.1 Å². The molecule has 0 spiro atoms. The SMILES string of the molecule is COCc1nc(CSc2cccc(Br)c2)[nH]c(=O)c1Br. The number of nitrogens with one attached hydrogen (secondary N) is 1. The number of hydrogen-bond acceptors (Lipinski definition) is 4. The molecule has 0 saturated carbocycles. The lowest BCUT2D eigenvalue weighted by atomic mass is 10.4. The molecule has 2 rings (SSSR count). The van der Waals surface area contributed by atoms with Crippen LogP contribution in [0, 0.1) is 0 Å². The summed E-state index contributed by atoms with van der Waals surface area (Å²) in [5, 5.41) is 0. The number of nitrogens with zero attached hydrogens (tertiary/aromatic N) is 1. The van der Waals surface area contributed by atoms with Crippen LogP contribution in [0.2, 0.25) is 0 Å². The van der Waals surface area contributed by atoms with Crippen molar-refractivity contribution in [1.82, 2.24) is 9.97 Å². The van der Waals surface area contributed by atoms with Gasteiger partial charge >= 0.3 is 0 Å². The Morgan fingerprint density at radius 2 is 2.20 bits per heavy atom. The Kier molecular flexibility index (Phi) is 5.83. The van der Waals surface area contributed by atoms with Gasteiger partial charge in [-0.15, -0.1) is 11.8 Å². The van der Waals surface area contributed by atoms with Gasteiger partial charge in [-0.05, 0) is 34.1 Å². The van der Waals surface area contributed by atoms with Gasteiger partial charge in [-0.2, -0.15) is 0 Å². The molecule has 1 aromatic carbocycles. The summed E-state index contributed by atoms with van der Waals surface area (Å²) in [6, 6.07) is 7.99. The fourth-order valence-corrected chi connectivity index (χ4v) is 3.24. The zero-order chi connectivity index (χ0) is 14.5. The number of rotatable bonds is 5. The van der Waals surface area contributed by atoms with Crippen LogP contribution in [0.25, 0.3) is 0 Å². The normalized spacial score (nSPS) is 10.8. The molecule has 7 heteroatoms. The van der Waals surface area contributed by atoms with Crippen LogP contribution in [0.15, 0.2) is 42.9 Å². The second-order valence-electron chi connectivity index (χ2n) is 3.95. The third-order valence-corrected chi connectivity index (χ3v) is 4.75. The van der Waals surface area contributed by atoms with Gasteiger partial charge in [0.2, 0.25) is 0 Å². The maximum absolute atomic E-state index is 11.8. The molecule has 0 aliphatic rings. The van der Waals surface area contributed by atoms with Crippen molar-refractivity contribution in [3.8, 4) is 0 Å². The fraction of sp³-hybridized carbons (Fsp3) is 0.231. The number of aromatic nitrogens is 2. The molecule has 0 radical (unpaired) electrons. The summed E-state index contributed by atoms with van der Waals surface area (Å²) < 4.78 is 6.49. The summed E-state index contributed by atoms with van der Waals surface area (Å²) in [6.45, 7) is 0.305. The first kappa shape index (κ1) is 15.8. The Bertz CT molecular complexity index is 661. The van der Waals surface area contributed by atoms with Crippen LogP contribution in [0.3, 0.4) is 0 Å². The van der Waals surface area contributed by atoms with Crippen LogP contribution in [0.4, 0.5) is 0 Å². The van der Waals surface area contributed by atoms with Gasteiger partial charge in [0.15, 0.2) is 0 Å². The summed E-state index contributed by atoms with van der Waals surface area (Å²) >= 11 is 8.26. The Morgan fingerprint density at radius 3 is 2.90 bits per heavy atom. The highest BCUT2D eigenvalue weighted by atomic mass is 79.9. The van der Waals surface area contributed by atoms with E-state index in [2.05, 4.69) is 41.8 Å². The number of H-pyrrole nitrogens is 1. The van der Waals surface area contributed by atoms with E-state index >= 15 is 0 Å². The first-order valence-corrected chi connectivity index (χ1v) is 8.32. The topological polar surface area (TPSA) is 55.0 Å². The van der Waals surface area contributed by atoms with Crippen LogP contribution >= 0.6 is 43.6 Å². The van der Waals surface area contributed by atoms with Crippen LogP contribution < -0.4 is 5.56 Å². The third kappa shape index (κ3) is 4.18. The van der Waals surface area contributed by atoms with Gasteiger partial charge in [-0.25, -0.2) is 4.98 Å². The van der Waals surface area contributed by atoms with E-state index in [0.717, 1.165) is 9.37 Å². The molecule has 1 aromatic heterocycles. The second kappa shape index (κ2) is 7.40. The van der Waals surface area contributed by atoms with Crippen LogP contribution in [-0.4, -0.2) is 17.1 Å². The van der Waals surface area contributed by atoms with Gasteiger partial charge in [-0.1, -0.05) is 22.0 Å². The molecule has 1 N–H and O–H groups in total. The standard InChI is InChI=1S/C13H12Br2N2O2S/c1-19-6-10-12(15)13(18)17-11(16-10)7-20-9-4-2-3-8(14)5-9/h2-5H,6-7H2,1H3,(H,16,17,18). The van der Waals surface area contributed by atoms with Crippen LogP contribution in [0.5, 0.6) is 0 Å². The molecule has 106 valence electrons. The number of benzene rings is 1. The Labute approximate surface area is 137 Å². The number of methoxy groups -OCH3 is 1. The Morgan fingerprint density at radius 1 is 1.40 bits per heavy atom. The molecule has 2 aromatic rings. The lowest BCUT2D eigenvalue weighted by molar-refractivity contribution is 0.180. The highest BCUT2D eigenvalue weighted by Gasteiger charge is 2.09. The van der Waals surface area contributed by atoms with Gasteiger partial charge in [0.1, 0.15) is 10.3 Å². The molecule has 0 bridgehead atoms. The minimum atomic E-state index is -0.183. The molecular formula is C13H12Br2N2O2S. The average Bonchev–Trinajstić information content (AvgIpc) is 2.42. The molecule has 0 aliphatic carbocycles. The summed E-state index contributed by atoms with van der Waals surface area (Å²) in [5.74, 6) is 1.23. The molecular weight excluding hydrogens is 408 g/mol. The second-order valence-corrected chi connectivity index (χ2v) is 6.71. The van der Waals surface area contributed by atoms with E-state index < -0.39 is 0 Å². The van der Waals surface area contributed by atoms with Gasteiger partial charge < -0.3 is 9.72 Å². The predicted octanol–water partition coefficient (Wildman–Crippen LogP) is 3.73. The van der Waals surface area contributed by atoms with E-state index in [0.29, 0.717) is 28.4 Å². The maximum Gasteiger partial charge on any atom is 0.265 e. The molecule has 0 fully saturated rings. The Hall–Kier alpha value is -0.630. The Balaban J connectivity index is 2.15. The molecule has 0 amide bonds. The number of ether oxygens (including phenoxy) is 1. The van der Waals surface area contributed by atoms with Crippen molar-refractivity contribution in [2.75, 3.05) is 7.11 Å². The van der Waals surface area contributed by atoms with E-state index in [1.807, 2.05) is 24.3 Å². The fourth-order valence-electron chi connectivity index (χ4n) is 1.57. The zero-order valence-electron chi connectivity index (χ0n) is 10.7. The van der Waals surface area contributed by atoms with Gasteiger partial charge in [-0.3, -0.25) is 4.79 Å². The predicted molar refractivity (Wildman–Crippen MR) is 87.0 cm³/mol. The van der Waals surface area contributed by atoms with E-state index in [4.69, 9.17) is 4.74 Å². The molecule has 4 nitrogen and oxygen atoms in total. The van der Waals surface area contributed by atoms with Gasteiger partial charge in [0.05, 0.1) is 18.1 Å². The monoisotopic (exact) mass is 418 g/mol. The van der Waals surface area contributed by atoms with Crippen molar-refractivity contribution in [3.63, 3.8) is 0 Å². The quantitative estimate of drug-likeness (QED) is 0.750. The average molecular weight is 420 g/mol. The zero-order valence-corrected chi connectivity index (χ0v) is 14.6. The van der Waals surface area contributed by atoms with E-state index in [1.54, 1.807) is 18.9 Å². The van der Waals surface area contributed by atoms with Gasteiger partial charge in [0, 0.05) is 16.5 Å². The van der Waals surface area contributed by atoms with Crippen molar-refractivity contribution in [1.29, 1.82) is 0 Å². The summed E-state index contributed by atoms with van der Waals surface area (Å²) in [4.78, 5) is 20.1. The summed E-state index contributed by atoms with van der Waals surface area (Å²) in [6.07, 6.45) is 0. The molecule has 0 aliphatic heterocycles. The third-order valence-electron chi connectivity index (χ3n) is 2.43. The molecule has 1 heterocycles. The van der Waals surface area contributed by atoms with Crippen LogP contribution in [0.1, 0.15) is 11.5 Å². The highest BCUT2D eigenvalue weighted by Crippen LogP contribution is 2.24. The number of halogens is 2. The minimum absolute atomic E-state index is 0.183. The number of thioether (sulfide) groups is 1. The van der Waals surface area contributed by atoms with Crippen molar-refractivity contribution in [2.24, 2.45) is 0 Å². The van der Waals surface area contributed by atoms with E-state index in [9.17, 15) is 4.79 Å². The lowest BCUT2D eigenvalue weighted by Gasteiger charge is -2.06.